The summed E-state index contributed by atoms with van der Waals surface area (Å²) in [4.78, 5) is 20.7. The third kappa shape index (κ3) is 2.39. The molecule has 15 heavy (non-hydrogen) atoms. The molecule has 1 rings (SSSR count). The molecule has 0 aliphatic rings. The maximum Gasteiger partial charge on any atom is 0.341 e. The molecule has 0 saturated heterocycles. The number of nitrogens with zero attached hydrogens (tertiary/aromatic N) is 3. The van der Waals surface area contributed by atoms with Crippen molar-refractivity contribution >= 4 is 12.0 Å². The van der Waals surface area contributed by atoms with E-state index in [9.17, 15) is 14.9 Å². The molecule has 0 aliphatic heterocycles. The van der Waals surface area contributed by atoms with Crippen LogP contribution in [0.15, 0.2) is 12.4 Å². The summed E-state index contributed by atoms with van der Waals surface area (Å²) in [7, 11) is 2.81. The van der Waals surface area contributed by atoms with Crippen molar-refractivity contribution in [3.63, 3.8) is 0 Å². The van der Waals surface area contributed by atoms with E-state index in [-0.39, 0.29) is 5.56 Å². The second-order valence-electron chi connectivity index (χ2n) is 2.66. The van der Waals surface area contributed by atoms with Crippen LogP contribution in [-0.2, 0) is 11.8 Å². The van der Waals surface area contributed by atoms with E-state index in [0.29, 0.717) is 5.69 Å². The van der Waals surface area contributed by atoms with E-state index in [2.05, 4.69) is 9.84 Å². The van der Waals surface area contributed by atoms with Crippen molar-refractivity contribution in [2.45, 2.75) is 0 Å². The van der Waals surface area contributed by atoms with Crippen molar-refractivity contribution in [1.82, 2.24) is 9.78 Å². The summed E-state index contributed by atoms with van der Waals surface area (Å²) in [6.45, 7) is 0. The summed E-state index contributed by atoms with van der Waals surface area (Å²) in [6.07, 6.45) is 3.23. The number of hydrogen-bond donors (Lipinski definition) is 0. The standard InChI is InChI=1S/C8H9N3O4/c1-10-7(3-4-11(13)14)6(5-9-10)8(12)15-2/h3-5H,1-2H3/b4-3+. The van der Waals surface area contributed by atoms with E-state index in [1.807, 2.05) is 0 Å². The summed E-state index contributed by atoms with van der Waals surface area (Å²) in [5.41, 5.74) is 0.525. The van der Waals surface area contributed by atoms with E-state index in [1.54, 1.807) is 7.05 Å². The lowest BCUT2D eigenvalue weighted by Gasteiger charge is -1.97. The average Bonchev–Trinajstić information content (AvgIpc) is 2.55. The normalized spacial score (nSPS) is 10.5. The lowest BCUT2D eigenvalue weighted by molar-refractivity contribution is -0.401. The van der Waals surface area contributed by atoms with E-state index in [1.165, 1.54) is 24.1 Å². The van der Waals surface area contributed by atoms with Crippen LogP contribution >= 0.6 is 0 Å². The number of carbonyl (C=O) groups excluding carboxylic acids is 1. The SMILES string of the molecule is COC(=O)c1cnn(C)c1/C=C/[N+](=O)[O-]. The number of aryl methyl sites for hydroxylation is 1. The van der Waals surface area contributed by atoms with Gasteiger partial charge in [0.2, 0.25) is 6.20 Å². The molecule has 0 unspecified atom stereocenters. The summed E-state index contributed by atoms with van der Waals surface area (Å²) in [5, 5.41) is 13.9. The maximum absolute atomic E-state index is 11.2. The molecule has 0 aliphatic carbocycles. The number of esters is 1. The summed E-state index contributed by atoms with van der Waals surface area (Å²) >= 11 is 0. The summed E-state index contributed by atoms with van der Waals surface area (Å²) in [5.74, 6) is -0.578. The van der Waals surface area contributed by atoms with Gasteiger partial charge in [0, 0.05) is 13.1 Å². The highest BCUT2D eigenvalue weighted by molar-refractivity contribution is 5.92. The highest BCUT2D eigenvalue weighted by Gasteiger charge is 2.14. The summed E-state index contributed by atoms with van der Waals surface area (Å²) < 4.78 is 5.85. The number of aromatic nitrogens is 2. The van der Waals surface area contributed by atoms with Gasteiger partial charge in [-0.1, -0.05) is 0 Å². The van der Waals surface area contributed by atoms with Crippen molar-refractivity contribution in [3.05, 3.63) is 33.8 Å². The van der Waals surface area contributed by atoms with E-state index in [0.717, 1.165) is 6.20 Å². The Balaban J connectivity index is 3.10. The van der Waals surface area contributed by atoms with Crippen LogP contribution in [0.4, 0.5) is 0 Å². The Labute approximate surface area is 85.1 Å². The van der Waals surface area contributed by atoms with Gasteiger partial charge in [-0.3, -0.25) is 14.8 Å². The molecule has 7 nitrogen and oxygen atoms in total. The fourth-order valence-electron chi connectivity index (χ4n) is 1.04. The van der Waals surface area contributed by atoms with Crippen molar-refractivity contribution in [2.24, 2.45) is 7.05 Å². The Morgan fingerprint density at radius 1 is 1.73 bits per heavy atom. The lowest BCUT2D eigenvalue weighted by atomic mass is 10.2. The largest absolute Gasteiger partial charge is 0.465 e. The molecule has 0 radical (unpaired) electrons. The molecular weight excluding hydrogens is 202 g/mol. The smallest absolute Gasteiger partial charge is 0.341 e. The zero-order valence-corrected chi connectivity index (χ0v) is 8.21. The highest BCUT2D eigenvalue weighted by Crippen LogP contribution is 2.10. The first-order valence-corrected chi connectivity index (χ1v) is 3.98. The van der Waals surface area contributed by atoms with Crippen molar-refractivity contribution in [1.29, 1.82) is 0 Å². The van der Waals surface area contributed by atoms with Gasteiger partial charge in [0.15, 0.2) is 0 Å². The van der Waals surface area contributed by atoms with Crippen LogP contribution in [0.25, 0.3) is 6.08 Å². The molecule has 7 heteroatoms. The minimum atomic E-state index is -0.617. The quantitative estimate of drug-likeness (QED) is 0.411. The zero-order valence-electron chi connectivity index (χ0n) is 8.21. The topological polar surface area (TPSA) is 87.3 Å². The Morgan fingerprint density at radius 3 is 2.93 bits per heavy atom. The third-order valence-electron chi connectivity index (χ3n) is 1.74. The van der Waals surface area contributed by atoms with Crippen LogP contribution in [-0.4, -0.2) is 27.8 Å². The fraction of sp³-hybridized carbons (Fsp3) is 0.250. The Hall–Kier alpha value is -2.18. The lowest BCUT2D eigenvalue weighted by Crippen LogP contribution is -2.03. The number of nitro groups is 1. The van der Waals surface area contributed by atoms with Crippen LogP contribution in [0.1, 0.15) is 16.1 Å². The Bertz CT molecular complexity index is 422. The van der Waals surface area contributed by atoms with E-state index < -0.39 is 10.9 Å². The molecule has 80 valence electrons. The first kappa shape index (κ1) is 10.9. The van der Waals surface area contributed by atoms with Gasteiger partial charge in [-0.25, -0.2) is 4.79 Å². The molecule has 0 bridgehead atoms. The van der Waals surface area contributed by atoms with Crippen LogP contribution < -0.4 is 0 Å². The molecule has 0 atom stereocenters. The van der Waals surface area contributed by atoms with Crippen LogP contribution in [0.5, 0.6) is 0 Å². The van der Waals surface area contributed by atoms with Gasteiger partial charge in [0.05, 0.1) is 23.9 Å². The zero-order chi connectivity index (χ0) is 11.4. The van der Waals surface area contributed by atoms with Gasteiger partial charge in [-0.15, -0.1) is 0 Å². The molecule has 0 amide bonds. The van der Waals surface area contributed by atoms with Crippen LogP contribution in [0.3, 0.4) is 0 Å². The van der Waals surface area contributed by atoms with Crippen molar-refractivity contribution in [2.75, 3.05) is 7.11 Å². The third-order valence-corrected chi connectivity index (χ3v) is 1.74. The second kappa shape index (κ2) is 4.36. The van der Waals surface area contributed by atoms with Gasteiger partial charge < -0.3 is 4.74 Å². The number of methoxy groups -OCH3 is 1. The van der Waals surface area contributed by atoms with Crippen molar-refractivity contribution in [3.8, 4) is 0 Å². The molecule has 0 aromatic carbocycles. The monoisotopic (exact) mass is 211 g/mol. The number of ether oxygens (including phenoxy) is 1. The number of hydrogen-bond acceptors (Lipinski definition) is 5. The first-order chi connectivity index (χ1) is 7.06. The minimum Gasteiger partial charge on any atom is -0.465 e. The molecule has 1 aromatic rings. The molecular formula is C8H9N3O4. The second-order valence-corrected chi connectivity index (χ2v) is 2.66. The van der Waals surface area contributed by atoms with Crippen molar-refractivity contribution < 1.29 is 14.5 Å². The van der Waals surface area contributed by atoms with Gasteiger partial charge >= 0.3 is 5.97 Å². The average molecular weight is 211 g/mol. The minimum absolute atomic E-state index is 0.193. The first-order valence-electron chi connectivity index (χ1n) is 3.98. The van der Waals surface area contributed by atoms with E-state index in [4.69, 9.17) is 0 Å². The fourth-order valence-corrected chi connectivity index (χ4v) is 1.04. The van der Waals surface area contributed by atoms with Gasteiger partial charge in [-0.05, 0) is 0 Å². The number of carbonyl (C=O) groups is 1. The molecule has 0 fully saturated rings. The van der Waals surface area contributed by atoms with E-state index >= 15 is 0 Å². The maximum atomic E-state index is 11.2. The Morgan fingerprint density at radius 2 is 2.40 bits per heavy atom. The van der Waals surface area contributed by atoms with Gasteiger partial charge in [-0.2, -0.15) is 5.10 Å². The highest BCUT2D eigenvalue weighted by atomic mass is 16.6. The number of rotatable bonds is 3. The predicted octanol–water partition coefficient (Wildman–Crippen LogP) is 0.454. The molecule has 0 saturated carbocycles. The molecule has 1 heterocycles. The van der Waals surface area contributed by atoms with Crippen LogP contribution in [0, 0.1) is 10.1 Å². The predicted molar refractivity (Wildman–Crippen MR) is 50.6 cm³/mol. The van der Waals surface area contributed by atoms with Gasteiger partial charge in [0.1, 0.15) is 5.56 Å². The van der Waals surface area contributed by atoms with Gasteiger partial charge in [0.25, 0.3) is 0 Å². The molecule has 0 spiro atoms. The molecule has 0 N–H and O–H groups in total. The van der Waals surface area contributed by atoms with Crippen LogP contribution in [0.2, 0.25) is 0 Å². The summed E-state index contributed by atoms with van der Waals surface area (Å²) in [6, 6.07) is 0. The Kier molecular flexibility index (Phi) is 3.17. The molecule has 1 aromatic heterocycles.